The highest BCUT2D eigenvalue weighted by Crippen LogP contribution is 2.22. The van der Waals surface area contributed by atoms with Crippen LogP contribution in [0.1, 0.15) is 35.7 Å². The van der Waals surface area contributed by atoms with Crippen LogP contribution in [0.3, 0.4) is 0 Å². The van der Waals surface area contributed by atoms with Gasteiger partial charge in [-0.05, 0) is 54.5 Å². The molecule has 0 saturated carbocycles. The van der Waals surface area contributed by atoms with Gasteiger partial charge in [-0.2, -0.15) is 0 Å². The number of benzene rings is 2. The highest BCUT2D eigenvalue weighted by Gasteiger charge is 2.21. The monoisotopic (exact) mass is 348 g/mol. The molecular formula is C21H20N2O3. The van der Waals surface area contributed by atoms with E-state index in [-0.39, 0.29) is 17.6 Å². The molecule has 0 aromatic heterocycles. The number of ketones is 1. The fraction of sp³-hybridized carbons (Fsp3) is 0.190. The van der Waals surface area contributed by atoms with E-state index in [9.17, 15) is 14.4 Å². The number of nitrogens with zero attached hydrogens (tertiary/aromatic N) is 1. The molecule has 0 spiro atoms. The van der Waals surface area contributed by atoms with E-state index >= 15 is 0 Å². The van der Waals surface area contributed by atoms with Crippen molar-refractivity contribution in [2.45, 2.75) is 19.8 Å². The third-order valence-corrected chi connectivity index (χ3v) is 4.20. The number of hydrogen-bond acceptors (Lipinski definition) is 3. The van der Waals surface area contributed by atoms with Crippen molar-refractivity contribution in [3.63, 3.8) is 0 Å². The minimum atomic E-state index is -0.123. The lowest BCUT2D eigenvalue weighted by Crippen LogP contribution is -2.23. The van der Waals surface area contributed by atoms with E-state index in [2.05, 4.69) is 5.32 Å². The van der Waals surface area contributed by atoms with Crippen molar-refractivity contribution in [2.75, 3.05) is 16.8 Å². The van der Waals surface area contributed by atoms with Crippen LogP contribution in [0.5, 0.6) is 0 Å². The van der Waals surface area contributed by atoms with Gasteiger partial charge in [-0.1, -0.05) is 18.2 Å². The van der Waals surface area contributed by atoms with Crippen LogP contribution >= 0.6 is 0 Å². The summed E-state index contributed by atoms with van der Waals surface area (Å²) in [6.45, 7) is 2.19. The Morgan fingerprint density at radius 2 is 1.73 bits per heavy atom. The van der Waals surface area contributed by atoms with Crippen molar-refractivity contribution in [3.8, 4) is 0 Å². The molecule has 0 atom stereocenters. The first kappa shape index (κ1) is 17.6. The van der Waals surface area contributed by atoms with Crippen LogP contribution in [0.2, 0.25) is 0 Å². The van der Waals surface area contributed by atoms with Crippen LogP contribution in [0.15, 0.2) is 54.6 Å². The molecule has 0 unspecified atom stereocenters. The first-order valence-electron chi connectivity index (χ1n) is 8.53. The van der Waals surface area contributed by atoms with Gasteiger partial charge in [0.2, 0.25) is 11.8 Å². The number of nitrogens with one attached hydrogen (secondary N) is 1. The maximum absolute atomic E-state index is 12.3. The highest BCUT2D eigenvalue weighted by atomic mass is 16.2. The summed E-state index contributed by atoms with van der Waals surface area (Å²) in [4.78, 5) is 36.8. The molecule has 1 aliphatic heterocycles. The van der Waals surface area contributed by atoms with E-state index in [0.717, 1.165) is 24.2 Å². The molecule has 26 heavy (non-hydrogen) atoms. The second-order valence-electron chi connectivity index (χ2n) is 6.20. The van der Waals surface area contributed by atoms with Gasteiger partial charge >= 0.3 is 0 Å². The minimum Gasteiger partial charge on any atom is -0.326 e. The van der Waals surface area contributed by atoms with Gasteiger partial charge in [-0.25, -0.2) is 0 Å². The third kappa shape index (κ3) is 4.25. The molecule has 5 nitrogen and oxygen atoms in total. The first-order valence-corrected chi connectivity index (χ1v) is 8.53. The predicted octanol–water partition coefficient (Wildman–Crippen LogP) is 3.67. The number of carbonyl (C=O) groups is 3. The molecule has 0 radical (unpaired) electrons. The van der Waals surface area contributed by atoms with Crippen LogP contribution in [0.25, 0.3) is 6.08 Å². The summed E-state index contributed by atoms with van der Waals surface area (Å²) in [7, 11) is 0. The van der Waals surface area contributed by atoms with E-state index < -0.39 is 0 Å². The van der Waals surface area contributed by atoms with Crippen LogP contribution < -0.4 is 10.2 Å². The summed E-state index contributed by atoms with van der Waals surface area (Å²) in [5.41, 5.74) is 2.99. The van der Waals surface area contributed by atoms with Crippen molar-refractivity contribution in [3.05, 3.63) is 65.7 Å². The molecule has 1 N–H and O–H groups in total. The van der Waals surface area contributed by atoms with Crippen LogP contribution in [0, 0.1) is 0 Å². The van der Waals surface area contributed by atoms with Crippen LogP contribution in [-0.4, -0.2) is 24.1 Å². The summed E-state index contributed by atoms with van der Waals surface area (Å²) < 4.78 is 0. The summed E-state index contributed by atoms with van der Waals surface area (Å²) >= 11 is 0. The third-order valence-electron chi connectivity index (χ3n) is 4.20. The molecule has 3 rings (SSSR count). The summed E-state index contributed by atoms with van der Waals surface area (Å²) in [5.74, 6) is -0.0931. The summed E-state index contributed by atoms with van der Waals surface area (Å²) in [6.07, 6.45) is 4.72. The lowest BCUT2D eigenvalue weighted by Gasteiger charge is -2.15. The molecule has 1 saturated heterocycles. The Morgan fingerprint density at radius 1 is 1.04 bits per heavy atom. The number of hydrogen-bond donors (Lipinski definition) is 1. The highest BCUT2D eigenvalue weighted by molar-refractivity contribution is 6.07. The van der Waals surface area contributed by atoms with Crippen LogP contribution in [0.4, 0.5) is 11.4 Å². The Kier molecular flexibility index (Phi) is 5.27. The lowest BCUT2D eigenvalue weighted by molar-refractivity contribution is -0.117. The Morgan fingerprint density at radius 3 is 2.31 bits per heavy atom. The second-order valence-corrected chi connectivity index (χ2v) is 6.20. The molecule has 2 aromatic carbocycles. The fourth-order valence-electron chi connectivity index (χ4n) is 2.88. The Hall–Kier alpha value is -3.21. The minimum absolute atomic E-state index is 0.102. The lowest BCUT2D eigenvalue weighted by atomic mass is 10.1. The Balaban J connectivity index is 1.64. The first-order chi connectivity index (χ1) is 12.5. The smallest absolute Gasteiger partial charge is 0.227 e. The van der Waals surface area contributed by atoms with E-state index in [1.807, 2.05) is 24.3 Å². The fourth-order valence-corrected chi connectivity index (χ4v) is 2.88. The topological polar surface area (TPSA) is 66.5 Å². The molecule has 1 heterocycles. The normalized spacial score (nSPS) is 14.0. The number of anilines is 2. The summed E-state index contributed by atoms with van der Waals surface area (Å²) in [6, 6.07) is 14.3. The molecule has 2 aromatic rings. The van der Waals surface area contributed by atoms with Gasteiger partial charge in [-0.15, -0.1) is 0 Å². The molecule has 1 aliphatic rings. The van der Waals surface area contributed by atoms with Gasteiger partial charge in [0.05, 0.1) is 0 Å². The molecular weight excluding hydrogens is 328 g/mol. The summed E-state index contributed by atoms with van der Waals surface area (Å²) in [5, 5.41) is 2.70. The van der Waals surface area contributed by atoms with E-state index in [1.54, 1.807) is 35.2 Å². The van der Waals surface area contributed by atoms with Crippen molar-refractivity contribution < 1.29 is 14.4 Å². The van der Waals surface area contributed by atoms with Gasteiger partial charge < -0.3 is 10.2 Å². The molecule has 5 heteroatoms. The van der Waals surface area contributed by atoms with Crippen molar-refractivity contribution >= 4 is 35.0 Å². The average Bonchev–Trinajstić information content (AvgIpc) is 3.06. The molecule has 0 bridgehead atoms. The molecule has 2 amide bonds. The van der Waals surface area contributed by atoms with E-state index in [0.29, 0.717) is 17.7 Å². The average molecular weight is 348 g/mol. The zero-order chi connectivity index (χ0) is 18.5. The number of allylic oxidation sites excluding steroid dienone is 1. The van der Waals surface area contributed by atoms with E-state index in [1.165, 1.54) is 13.0 Å². The zero-order valence-electron chi connectivity index (χ0n) is 14.6. The van der Waals surface area contributed by atoms with Gasteiger partial charge in [0.15, 0.2) is 5.78 Å². The number of amides is 2. The van der Waals surface area contributed by atoms with Gasteiger partial charge in [-0.3, -0.25) is 14.4 Å². The van der Waals surface area contributed by atoms with Crippen molar-refractivity contribution in [1.82, 2.24) is 0 Å². The van der Waals surface area contributed by atoms with Gasteiger partial charge in [0.25, 0.3) is 0 Å². The molecule has 1 fully saturated rings. The second kappa shape index (κ2) is 7.78. The SMILES string of the molecule is CC(=O)Nc1ccc(/C=C/C(=O)c2ccc(N3CCCC3=O)cc2)cc1. The maximum Gasteiger partial charge on any atom is 0.227 e. The molecule has 0 aliphatic carbocycles. The standard InChI is InChI=1S/C21H20N2O3/c1-15(24)22-18-9-4-16(5-10-18)6-13-20(25)17-7-11-19(12-8-17)23-14-2-3-21(23)26/h4-13H,2-3,14H2,1H3,(H,22,24)/b13-6+. The maximum atomic E-state index is 12.3. The Bertz CT molecular complexity index is 852. The van der Waals surface area contributed by atoms with E-state index in [4.69, 9.17) is 0 Å². The van der Waals surface area contributed by atoms with Crippen LogP contribution in [-0.2, 0) is 9.59 Å². The largest absolute Gasteiger partial charge is 0.326 e. The Labute approximate surface area is 152 Å². The van der Waals surface area contributed by atoms with Crippen molar-refractivity contribution in [2.24, 2.45) is 0 Å². The number of rotatable bonds is 5. The number of carbonyl (C=O) groups excluding carboxylic acids is 3. The van der Waals surface area contributed by atoms with Gasteiger partial charge in [0, 0.05) is 36.8 Å². The zero-order valence-corrected chi connectivity index (χ0v) is 14.6. The predicted molar refractivity (Wildman–Crippen MR) is 102 cm³/mol. The molecule has 132 valence electrons. The van der Waals surface area contributed by atoms with Gasteiger partial charge in [0.1, 0.15) is 0 Å². The quantitative estimate of drug-likeness (QED) is 0.662. The van der Waals surface area contributed by atoms with Crippen molar-refractivity contribution in [1.29, 1.82) is 0 Å².